The molecule has 1 N–H and O–H groups in total. The van der Waals surface area contributed by atoms with Crippen LogP contribution in [0.3, 0.4) is 0 Å². The van der Waals surface area contributed by atoms with Crippen LogP contribution in [0.4, 0.5) is 0 Å². The number of nitrogens with one attached hydrogen (secondary N) is 1. The van der Waals surface area contributed by atoms with Crippen molar-refractivity contribution in [1.29, 1.82) is 0 Å². The molecule has 2 aromatic carbocycles. The van der Waals surface area contributed by atoms with Crippen molar-refractivity contribution in [2.45, 2.75) is 23.8 Å². The monoisotopic (exact) mass is 472 g/mol. The minimum Gasteiger partial charge on any atom is -0.497 e. The van der Waals surface area contributed by atoms with E-state index in [4.69, 9.17) is 32.7 Å². The van der Waals surface area contributed by atoms with Gasteiger partial charge in [-0.3, -0.25) is 4.79 Å². The fraction of sp³-hybridized carbons (Fsp3) is 0.350. The average molecular weight is 473 g/mol. The van der Waals surface area contributed by atoms with E-state index in [-0.39, 0.29) is 23.5 Å². The van der Waals surface area contributed by atoms with Crippen LogP contribution in [0, 0.1) is 0 Å². The molecular weight excluding hydrogens is 451 g/mol. The molecule has 1 aliphatic heterocycles. The fourth-order valence-corrected chi connectivity index (χ4v) is 4.94. The van der Waals surface area contributed by atoms with Crippen LogP contribution in [0.25, 0.3) is 0 Å². The van der Waals surface area contributed by atoms with E-state index in [9.17, 15) is 13.2 Å². The van der Waals surface area contributed by atoms with Crippen LogP contribution < -0.4 is 14.8 Å². The van der Waals surface area contributed by atoms with Crippen LogP contribution >= 0.6 is 23.2 Å². The van der Waals surface area contributed by atoms with Crippen molar-refractivity contribution >= 4 is 39.1 Å². The molecule has 0 saturated carbocycles. The van der Waals surface area contributed by atoms with Gasteiger partial charge in [-0.05, 0) is 49.2 Å². The molecule has 2 aromatic rings. The van der Waals surface area contributed by atoms with Gasteiger partial charge in [0.25, 0.3) is 5.91 Å². The van der Waals surface area contributed by atoms with E-state index >= 15 is 0 Å². The van der Waals surface area contributed by atoms with Gasteiger partial charge in [0.05, 0.1) is 17.0 Å². The quantitative estimate of drug-likeness (QED) is 0.667. The van der Waals surface area contributed by atoms with Crippen LogP contribution in [0.2, 0.25) is 10.0 Å². The van der Waals surface area contributed by atoms with Gasteiger partial charge >= 0.3 is 0 Å². The summed E-state index contributed by atoms with van der Waals surface area (Å²) in [7, 11) is -2.06. The summed E-state index contributed by atoms with van der Waals surface area (Å²) in [6, 6.07) is 10.9. The average Bonchev–Trinajstić information content (AvgIpc) is 2.75. The summed E-state index contributed by atoms with van der Waals surface area (Å²) in [5.41, 5.74) is 0. The van der Waals surface area contributed by atoms with Crippen molar-refractivity contribution in [2.75, 3.05) is 26.8 Å². The molecule has 162 valence electrons. The Morgan fingerprint density at radius 3 is 2.43 bits per heavy atom. The van der Waals surface area contributed by atoms with Gasteiger partial charge in [0.1, 0.15) is 11.5 Å². The number of rotatable bonds is 7. The summed E-state index contributed by atoms with van der Waals surface area (Å²) in [4.78, 5) is 12.4. The Hall–Kier alpha value is -2.00. The van der Waals surface area contributed by atoms with Crippen LogP contribution in [-0.2, 0) is 14.8 Å². The van der Waals surface area contributed by atoms with Crippen LogP contribution in [0.15, 0.2) is 47.4 Å². The number of halogens is 2. The van der Waals surface area contributed by atoms with E-state index in [2.05, 4.69) is 5.32 Å². The minimum absolute atomic E-state index is 0.127. The molecule has 7 nitrogen and oxygen atoms in total. The Morgan fingerprint density at radius 1 is 1.13 bits per heavy atom. The van der Waals surface area contributed by atoms with Gasteiger partial charge in [0, 0.05) is 30.2 Å². The maximum atomic E-state index is 12.8. The predicted molar refractivity (Wildman–Crippen MR) is 115 cm³/mol. The minimum atomic E-state index is -3.58. The van der Waals surface area contributed by atoms with Gasteiger partial charge in [-0.1, -0.05) is 23.2 Å². The summed E-state index contributed by atoms with van der Waals surface area (Å²) in [6.07, 6.45) is 1.03. The number of benzene rings is 2. The highest BCUT2D eigenvalue weighted by Crippen LogP contribution is 2.27. The van der Waals surface area contributed by atoms with Crippen LogP contribution in [0.1, 0.15) is 12.8 Å². The van der Waals surface area contributed by atoms with E-state index < -0.39 is 10.0 Å². The number of hydrogen-bond donors (Lipinski definition) is 1. The van der Waals surface area contributed by atoms with E-state index in [1.165, 1.54) is 23.5 Å². The largest absolute Gasteiger partial charge is 0.497 e. The highest BCUT2D eigenvalue weighted by molar-refractivity contribution is 7.89. The third-order valence-electron chi connectivity index (χ3n) is 4.77. The summed E-state index contributed by atoms with van der Waals surface area (Å²) < 4.78 is 37.5. The van der Waals surface area contributed by atoms with Gasteiger partial charge in [0.15, 0.2) is 6.61 Å². The van der Waals surface area contributed by atoms with E-state index in [0.29, 0.717) is 47.5 Å². The molecule has 1 amide bonds. The summed E-state index contributed by atoms with van der Waals surface area (Å²) in [6.45, 7) is 0.436. The second-order valence-electron chi connectivity index (χ2n) is 6.78. The molecule has 1 fully saturated rings. The highest BCUT2D eigenvalue weighted by Gasteiger charge is 2.30. The lowest BCUT2D eigenvalue weighted by molar-refractivity contribution is -0.124. The normalized spacial score (nSPS) is 15.6. The zero-order valence-corrected chi connectivity index (χ0v) is 18.6. The fourth-order valence-electron chi connectivity index (χ4n) is 3.14. The number of ether oxygens (including phenoxy) is 2. The van der Waals surface area contributed by atoms with Gasteiger partial charge in [-0.15, -0.1) is 0 Å². The Balaban J connectivity index is 1.50. The van der Waals surface area contributed by atoms with Gasteiger partial charge in [0.2, 0.25) is 10.0 Å². The summed E-state index contributed by atoms with van der Waals surface area (Å²) >= 11 is 11.9. The summed E-state index contributed by atoms with van der Waals surface area (Å²) in [5.74, 6) is 0.624. The lowest BCUT2D eigenvalue weighted by Gasteiger charge is -2.31. The SMILES string of the molecule is COc1ccc(S(=O)(=O)N2CCC(NC(=O)COc3cc(Cl)ccc3Cl)CC2)cc1. The Bertz CT molecular complexity index is 991. The van der Waals surface area contributed by atoms with Gasteiger partial charge < -0.3 is 14.8 Å². The molecule has 1 aliphatic rings. The first-order valence-corrected chi connectivity index (χ1v) is 11.5. The van der Waals surface area contributed by atoms with Crippen molar-refractivity contribution in [3.05, 3.63) is 52.5 Å². The molecule has 0 aromatic heterocycles. The third kappa shape index (κ3) is 5.57. The Morgan fingerprint density at radius 2 is 1.80 bits per heavy atom. The van der Waals surface area contributed by atoms with Crippen molar-refractivity contribution in [3.63, 3.8) is 0 Å². The highest BCUT2D eigenvalue weighted by atomic mass is 35.5. The van der Waals surface area contributed by atoms with Gasteiger partial charge in [-0.2, -0.15) is 4.31 Å². The molecule has 10 heteroatoms. The van der Waals surface area contributed by atoms with Crippen molar-refractivity contribution < 1.29 is 22.7 Å². The lowest BCUT2D eigenvalue weighted by Crippen LogP contribution is -2.47. The molecule has 3 rings (SSSR count). The van der Waals surface area contributed by atoms with E-state index in [1.54, 1.807) is 30.3 Å². The molecule has 0 unspecified atom stereocenters. The molecule has 30 heavy (non-hydrogen) atoms. The third-order valence-corrected chi connectivity index (χ3v) is 7.23. The number of carbonyl (C=O) groups is 1. The zero-order valence-electron chi connectivity index (χ0n) is 16.3. The van der Waals surface area contributed by atoms with Crippen LogP contribution in [0.5, 0.6) is 11.5 Å². The molecule has 0 atom stereocenters. The standard InChI is InChI=1S/C20H22Cl2N2O5S/c1-28-16-3-5-17(6-4-16)30(26,27)24-10-8-15(9-11-24)23-20(25)13-29-19-12-14(21)2-7-18(19)22/h2-7,12,15H,8-11,13H2,1H3,(H,23,25). The van der Waals surface area contributed by atoms with Crippen molar-refractivity contribution in [2.24, 2.45) is 0 Å². The maximum absolute atomic E-state index is 12.8. The number of piperidine rings is 1. The Labute approximate surface area is 185 Å². The smallest absolute Gasteiger partial charge is 0.258 e. The molecule has 0 bridgehead atoms. The predicted octanol–water partition coefficient (Wildman–Crippen LogP) is 3.35. The Kier molecular flexibility index (Phi) is 7.46. The maximum Gasteiger partial charge on any atom is 0.258 e. The molecular formula is C20H22Cl2N2O5S. The molecule has 0 spiro atoms. The second-order valence-corrected chi connectivity index (χ2v) is 9.57. The first-order chi connectivity index (χ1) is 14.3. The second kappa shape index (κ2) is 9.87. The number of hydrogen-bond acceptors (Lipinski definition) is 5. The van der Waals surface area contributed by atoms with Crippen LogP contribution in [-0.4, -0.2) is 51.5 Å². The van der Waals surface area contributed by atoms with Crippen molar-refractivity contribution in [3.8, 4) is 11.5 Å². The van der Waals surface area contributed by atoms with E-state index in [0.717, 1.165) is 0 Å². The van der Waals surface area contributed by atoms with Gasteiger partial charge in [-0.25, -0.2) is 8.42 Å². The lowest BCUT2D eigenvalue weighted by atomic mass is 10.1. The summed E-state index contributed by atoms with van der Waals surface area (Å²) in [5, 5.41) is 3.70. The number of carbonyl (C=O) groups excluding carboxylic acids is 1. The first kappa shape index (κ1) is 22.7. The molecule has 1 saturated heterocycles. The number of amides is 1. The topological polar surface area (TPSA) is 84.9 Å². The number of nitrogens with zero attached hydrogens (tertiary/aromatic N) is 1. The number of methoxy groups -OCH3 is 1. The molecule has 1 heterocycles. The first-order valence-electron chi connectivity index (χ1n) is 9.31. The van der Waals surface area contributed by atoms with Crippen molar-refractivity contribution in [1.82, 2.24) is 9.62 Å². The molecule has 0 radical (unpaired) electrons. The zero-order chi connectivity index (χ0) is 21.7. The number of sulfonamides is 1. The van der Waals surface area contributed by atoms with E-state index in [1.807, 2.05) is 0 Å². The molecule has 0 aliphatic carbocycles.